The van der Waals surface area contributed by atoms with Crippen LogP contribution in [0.15, 0.2) is 0 Å². The van der Waals surface area contributed by atoms with Gasteiger partial charge in [-0.1, -0.05) is 0 Å². The predicted molar refractivity (Wildman–Crippen MR) is 61.7 cm³/mol. The van der Waals surface area contributed by atoms with Gasteiger partial charge in [-0.3, -0.25) is 19.3 Å². The van der Waals surface area contributed by atoms with Gasteiger partial charge in [0.15, 0.2) is 6.61 Å². The fourth-order valence-electron chi connectivity index (χ4n) is 1.23. The van der Waals surface area contributed by atoms with Gasteiger partial charge in [-0.25, -0.2) is 0 Å². The van der Waals surface area contributed by atoms with Crippen molar-refractivity contribution in [2.75, 3.05) is 39.5 Å². The highest BCUT2D eigenvalue weighted by Crippen LogP contribution is 1.95. The second-order valence-corrected chi connectivity index (χ2v) is 3.34. The zero-order valence-corrected chi connectivity index (χ0v) is 10.4. The summed E-state index contributed by atoms with van der Waals surface area (Å²) in [6.45, 7) is 1.92. The fourth-order valence-corrected chi connectivity index (χ4v) is 1.23. The lowest BCUT2D eigenvalue weighted by molar-refractivity contribution is -0.143. The van der Waals surface area contributed by atoms with Gasteiger partial charge in [0, 0.05) is 19.6 Å². The highest BCUT2D eigenvalue weighted by atomic mass is 16.5. The zero-order valence-electron chi connectivity index (χ0n) is 10.4. The minimum absolute atomic E-state index is 0.101. The molecule has 0 saturated heterocycles. The van der Waals surface area contributed by atoms with Gasteiger partial charge in [-0.15, -0.1) is 0 Å². The molecule has 0 heterocycles. The van der Waals surface area contributed by atoms with Gasteiger partial charge in [-0.2, -0.15) is 5.26 Å². The van der Waals surface area contributed by atoms with E-state index in [9.17, 15) is 14.4 Å². The Labute approximate surface area is 110 Å². The SMILES string of the molecule is N#CCOC(=O)CCN(CCOC=O)CCOC=O. The lowest BCUT2D eigenvalue weighted by Crippen LogP contribution is -2.33. The first kappa shape index (κ1) is 16.9. The monoisotopic (exact) mass is 272 g/mol. The summed E-state index contributed by atoms with van der Waals surface area (Å²) in [5.74, 6) is -0.487. The van der Waals surface area contributed by atoms with Gasteiger partial charge >= 0.3 is 5.97 Å². The van der Waals surface area contributed by atoms with Crippen LogP contribution in [0.4, 0.5) is 0 Å². The Morgan fingerprint density at radius 3 is 2.16 bits per heavy atom. The maximum atomic E-state index is 11.2. The molecule has 0 radical (unpaired) electrons. The summed E-state index contributed by atoms with van der Waals surface area (Å²) in [6.07, 6.45) is 0.101. The van der Waals surface area contributed by atoms with Crippen molar-refractivity contribution >= 4 is 18.9 Å². The Morgan fingerprint density at radius 1 is 1.11 bits per heavy atom. The Bertz CT molecular complexity index is 301. The van der Waals surface area contributed by atoms with E-state index in [1.165, 1.54) is 0 Å². The molecule has 0 aromatic heterocycles. The third-order valence-electron chi connectivity index (χ3n) is 2.12. The average Bonchev–Trinajstić information content (AvgIpc) is 2.42. The summed E-state index contributed by atoms with van der Waals surface area (Å²) < 4.78 is 13.7. The van der Waals surface area contributed by atoms with Gasteiger partial charge in [0.2, 0.25) is 0 Å². The van der Waals surface area contributed by atoms with Crippen LogP contribution in [0.3, 0.4) is 0 Å². The van der Waals surface area contributed by atoms with Crippen molar-refractivity contribution in [3.05, 3.63) is 0 Å². The number of hydrogen-bond acceptors (Lipinski definition) is 8. The molecule has 106 valence electrons. The van der Waals surface area contributed by atoms with E-state index >= 15 is 0 Å². The Morgan fingerprint density at radius 2 is 1.68 bits per heavy atom. The number of hydrogen-bond donors (Lipinski definition) is 0. The van der Waals surface area contributed by atoms with Crippen LogP contribution in [-0.4, -0.2) is 63.3 Å². The predicted octanol–water partition coefficient (Wildman–Crippen LogP) is -0.909. The van der Waals surface area contributed by atoms with Crippen molar-refractivity contribution in [1.29, 1.82) is 5.26 Å². The summed E-state index contributed by atoms with van der Waals surface area (Å²) in [6, 6.07) is 1.70. The molecule has 0 saturated carbocycles. The van der Waals surface area contributed by atoms with Crippen molar-refractivity contribution in [2.45, 2.75) is 6.42 Å². The number of rotatable bonds is 12. The van der Waals surface area contributed by atoms with Crippen molar-refractivity contribution in [2.24, 2.45) is 0 Å². The summed E-state index contributed by atoms with van der Waals surface area (Å²) in [5, 5.41) is 8.24. The first-order valence-electron chi connectivity index (χ1n) is 5.60. The zero-order chi connectivity index (χ0) is 14.3. The molecule has 0 aliphatic heterocycles. The second kappa shape index (κ2) is 12.3. The Hall–Kier alpha value is -2.14. The molecule has 0 aromatic carbocycles. The summed E-state index contributed by atoms with van der Waals surface area (Å²) in [5.41, 5.74) is 0. The van der Waals surface area contributed by atoms with Gasteiger partial charge < -0.3 is 14.2 Å². The maximum Gasteiger partial charge on any atom is 0.308 e. The smallest absolute Gasteiger partial charge is 0.308 e. The molecule has 0 amide bonds. The number of nitrogens with zero attached hydrogens (tertiary/aromatic N) is 2. The van der Waals surface area contributed by atoms with E-state index in [1.54, 1.807) is 11.0 Å². The first-order chi connectivity index (χ1) is 9.24. The van der Waals surface area contributed by atoms with Gasteiger partial charge in [0.1, 0.15) is 19.3 Å². The lowest BCUT2D eigenvalue weighted by atomic mass is 10.3. The first-order valence-corrected chi connectivity index (χ1v) is 5.60. The molecule has 0 atom stereocenters. The third-order valence-corrected chi connectivity index (χ3v) is 2.12. The van der Waals surface area contributed by atoms with E-state index in [2.05, 4.69) is 14.2 Å². The van der Waals surface area contributed by atoms with E-state index in [-0.39, 0.29) is 26.2 Å². The van der Waals surface area contributed by atoms with Crippen LogP contribution in [0.25, 0.3) is 0 Å². The number of carbonyl (C=O) groups is 3. The van der Waals surface area contributed by atoms with Crippen LogP contribution in [-0.2, 0) is 28.6 Å². The molecule has 8 heteroatoms. The molecular formula is C11H16N2O6. The molecular weight excluding hydrogens is 256 g/mol. The largest absolute Gasteiger partial charge is 0.467 e. The van der Waals surface area contributed by atoms with Gasteiger partial charge in [-0.05, 0) is 0 Å². The van der Waals surface area contributed by atoms with E-state index in [0.29, 0.717) is 32.6 Å². The van der Waals surface area contributed by atoms with Crippen LogP contribution in [0.2, 0.25) is 0 Å². The molecule has 0 bridgehead atoms. The van der Waals surface area contributed by atoms with Gasteiger partial charge in [0.05, 0.1) is 6.42 Å². The van der Waals surface area contributed by atoms with E-state index in [4.69, 9.17) is 5.26 Å². The molecule has 0 aromatic rings. The Kier molecular flexibility index (Phi) is 10.9. The van der Waals surface area contributed by atoms with Crippen LogP contribution >= 0.6 is 0 Å². The molecule has 0 spiro atoms. The number of esters is 1. The molecule has 8 nitrogen and oxygen atoms in total. The molecule has 0 aliphatic rings. The quantitative estimate of drug-likeness (QED) is 0.194. The Balaban J connectivity index is 3.94. The molecule has 19 heavy (non-hydrogen) atoms. The molecule has 0 rings (SSSR count). The average molecular weight is 272 g/mol. The van der Waals surface area contributed by atoms with Crippen molar-refractivity contribution in [3.63, 3.8) is 0 Å². The van der Waals surface area contributed by atoms with E-state index in [0.717, 1.165) is 0 Å². The lowest BCUT2D eigenvalue weighted by Gasteiger charge is -2.20. The molecule has 0 fully saturated rings. The molecule has 0 aliphatic carbocycles. The second-order valence-electron chi connectivity index (χ2n) is 3.34. The maximum absolute atomic E-state index is 11.2. The topological polar surface area (TPSA) is 106 Å². The van der Waals surface area contributed by atoms with Crippen LogP contribution in [0.5, 0.6) is 0 Å². The summed E-state index contributed by atoms with van der Waals surface area (Å²) in [4.78, 5) is 33.0. The fraction of sp³-hybridized carbons (Fsp3) is 0.636. The summed E-state index contributed by atoms with van der Waals surface area (Å²) in [7, 11) is 0. The van der Waals surface area contributed by atoms with Crippen LogP contribution in [0.1, 0.15) is 6.42 Å². The molecule has 0 unspecified atom stereocenters. The molecule has 0 N–H and O–H groups in total. The van der Waals surface area contributed by atoms with Crippen molar-refractivity contribution < 1.29 is 28.6 Å². The number of nitriles is 1. The summed E-state index contributed by atoms with van der Waals surface area (Å²) >= 11 is 0. The minimum Gasteiger partial charge on any atom is -0.467 e. The number of ether oxygens (including phenoxy) is 3. The van der Waals surface area contributed by atoms with Gasteiger partial charge in [0.25, 0.3) is 12.9 Å². The minimum atomic E-state index is -0.487. The van der Waals surface area contributed by atoms with Crippen molar-refractivity contribution in [1.82, 2.24) is 4.90 Å². The van der Waals surface area contributed by atoms with Crippen LogP contribution < -0.4 is 0 Å². The standard InChI is InChI=1S/C11H16N2O6/c12-2-6-19-11(16)1-3-13(4-7-17-9-14)5-8-18-10-15/h9-10H,1,3-8H2. The van der Waals surface area contributed by atoms with E-state index in [1.807, 2.05) is 0 Å². The van der Waals surface area contributed by atoms with E-state index < -0.39 is 5.97 Å². The number of carbonyl (C=O) groups excluding carboxylic acids is 3. The normalized spacial score (nSPS) is 9.47. The van der Waals surface area contributed by atoms with Crippen molar-refractivity contribution in [3.8, 4) is 6.07 Å². The van der Waals surface area contributed by atoms with Crippen LogP contribution in [0, 0.1) is 11.3 Å². The highest BCUT2D eigenvalue weighted by Gasteiger charge is 2.09. The third kappa shape index (κ3) is 10.7. The highest BCUT2D eigenvalue weighted by molar-refractivity contribution is 5.69.